The van der Waals surface area contributed by atoms with Gasteiger partial charge in [-0.25, -0.2) is 8.42 Å². The fraction of sp³-hybridized carbons (Fsp3) is 0.643. The van der Waals surface area contributed by atoms with E-state index in [4.69, 9.17) is 0 Å². The first-order valence-corrected chi connectivity index (χ1v) is 8.92. The topological polar surface area (TPSA) is 55.2 Å². The molecule has 1 aromatic heterocycles. The first-order chi connectivity index (χ1) is 9.52. The third kappa shape index (κ3) is 3.93. The Bertz CT molecular complexity index is 563. The van der Waals surface area contributed by atoms with E-state index in [2.05, 4.69) is 29.1 Å². The molecule has 1 aliphatic rings. The molecule has 2 rings (SSSR count). The Morgan fingerprint density at radius 1 is 1.45 bits per heavy atom. The average molecular weight is 297 g/mol. The summed E-state index contributed by atoms with van der Waals surface area (Å²) in [6.45, 7) is 3.62. The lowest BCUT2D eigenvalue weighted by atomic mass is 10.1. The number of hydrogen-bond donors (Lipinski definition) is 0. The predicted molar refractivity (Wildman–Crippen MR) is 80.2 cm³/mol. The molecule has 1 saturated heterocycles. The van der Waals surface area contributed by atoms with E-state index < -0.39 is 9.84 Å². The Kier molecular flexibility index (Phi) is 4.99. The van der Waals surface area contributed by atoms with Crippen LogP contribution in [0.1, 0.15) is 31.4 Å². The highest BCUT2D eigenvalue weighted by Gasteiger charge is 2.32. The van der Waals surface area contributed by atoms with Crippen molar-refractivity contribution in [3.63, 3.8) is 0 Å². The second kappa shape index (κ2) is 6.54. The van der Waals surface area contributed by atoms with Crippen molar-refractivity contribution in [2.45, 2.75) is 25.8 Å². The largest absolute Gasteiger partial charge is 0.294 e. The lowest BCUT2D eigenvalue weighted by Gasteiger charge is -2.34. The van der Waals surface area contributed by atoms with Crippen molar-refractivity contribution in [2.75, 3.05) is 24.6 Å². The number of rotatable bonds is 5. The van der Waals surface area contributed by atoms with Gasteiger partial charge in [0.05, 0.1) is 23.7 Å². The molecular formula is C14H23N3O2S. The molecule has 1 atom stereocenters. The van der Waals surface area contributed by atoms with E-state index in [-0.39, 0.29) is 17.5 Å². The quantitative estimate of drug-likeness (QED) is 0.774. The molecule has 1 fully saturated rings. The minimum Gasteiger partial charge on any atom is -0.294 e. The fourth-order valence-corrected chi connectivity index (χ4v) is 4.12. The molecule has 0 N–H and O–H groups in total. The van der Waals surface area contributed by atoms with Gasteiger partial charge in [0.15, 0.2) is 9.84 Å². The first-order valence-electron chi connectivity index (χ1n) is 7.10. The molecular weight excluding hydrogens is 274 g/mol. The smallest absolute Gasteiger partial charge is 0.153 e. The summed E-state index contributed by atoms with van der Waals surface area (Å²) in [4.78, 5) is 2.26. The summed E-state index contributed by atoms with van der Waals surface area (Å²) in [5, 5.41) is 4.16. The second-order valence-electron chi connectivity index (χ2n) is 5.28. The van der Waals surface area contributed by atoms with Gasteiger partial charge in [0, 0.05) is 31.9 Å². The summed E-state index contributed by atoms with van der Waals surface area (Å²) in [5.41, 5.74) is 0.996. The highest BCUT2D eigenvalue weighted by Crippen LogP contribution is 2.26. The maximum absolute atomic E-state index is 11.9. The standard InChI is InChI=1S/C14H23N3O2S/c1-3-4-5-6-7-17-8-9-20(18,19)12-14(17)13-10-15-16(2)11-13/h4-5,10-11,14H,3,6-9,12H2,1-2H3/b5-4+. The highest BCUT2D eigenvalue weighted by molar-refractivity contribution is 7.91. The Balaban J connectivity index is 2.10. The predicted octanol–water partition coefficient (Wildman–Crippen LogP) is 1.55. The first kappa shape index (κ1) is 15.3. The lowest BCUT2D eigenvalue weighted by molar-refractivity contribution is 0.219. The van der Waals surface area contributed by atoms with Gasteiger partial charge in [-0.05, 0) is 12.8 Å². The maximum Gasteiger partial charge on any atom is 0.153 e. The van der Waals surface area contributed by atoms with Crippen LogP contribution in [-0.2, 0) is 16.9 Å². The third-order valence-electron chi connectivity index (χ3n) is 3.64. The molecule has 0 bridgehead atoms. The monoisotopic (exact) mass is 297 g/mol. The number of aromatic nitrogens is 2. The number of nitrogens with zero attached hydrogens (tertiary/aromatic N) is 3. The average Bonchev–Trinajstić information content (AvgIpc) is 2.82. The minimum absolute atomic E-state index is 0.0579. The van der Waals surface area contributed by atoms with Crippen LogP contribution in [0.2, 0.25) is 0 Å². The zero-order valence-electron chi connectivity index (χ0n) is 12.2. The number of hydrogen-bond acceptors (Lipinski definition) is 4. The van der Waals surface area contributed by atoms with E-state index in [1.165, 1.54) is 0 Å². The van der Waals surface area contributed by atoms with Crippen LogP contribution < -0.4 is 0 Å². The number of aryl methyl sites for hydroxylation is 1. The Hall–Kier alpha value is -1.14. The number of sulfone groups is 1. The molecule has 1 unspecified atom stereocenters. The zero-order chi connectivity index (χ0) is 14.6. The molecule has 0 spiro atoms. The molecule has 1 aromatic rings. The van der Waals surface area contributed by atoms with Crippen LogP contribution >= 0.6 is 0 Å². The van der Waals surface area contributed by atoms with Crippen LogP contribution in [0.3, 0.4) is 0 Å². The Morgan fingerprint density at radius 2 is 2.25 bits per heavy atom. The van der Waals surface area contributed by atoms with Crippen LogP contribution in [0.15, 0.2) is 24.5 Å². The van der Waals surface area contributed by atoms with Gasteiger partial charge in [0.25, 0.3) is 0 Å². The van der Waals surface area contributed by atoms with Gasteiger partial charge in [-0.2, -0.15) is 5.10 Å². The van der Waals surface area contributed by atoms with E-state index in [9.17, 15) is 8.42 Å². The van der Waals surface area contributed by atoms with E-state index in [1.807, 2.05) is 13.2 Å². The van der Waals surface area contributed by atoms with Crippen LogP contribution in [0.4, 0.5) is 0 Å². The summed E-state index contributed by atoms with van der Waals surface area (Å²) >= 11 is 0. The van der Waals surface area contributed by atoms with Crippen LogP contribution in [0, 0.1) is 0 Å². The van der Waals surface area contributed by atoms with E-state index >= 15 is 0 Å². The van der Waals surface area contributed by atoms with Crippen molar-refractivity contribution < 1.29 is 8.42 Å². The van der Waals surface area contributed by atoms with Crippen molar-refractivity contribution >= 4 is 9.84 Å². The van der Waals surface area contributed by atoms with Crippen LogP contribution in [0.25, 0.3) is 0 Å². The third-order valence-corrected chi connectivity index (χ3v) is 5.27. The summed E-state index contributed by atoms with van der Waals surface area (Å²) in [5.74, 6) is 0.470. The summed E-state index contributed by atoms with van der Waals surface area (Å²) < 4.78 is 25.5. The van der Waals surface area contributed by atoms with E-state index in [0.29, 0.717) is 6.54 Å². The molecule has 5 nitrogen and oxygen atoms in total. The molecule has 6 heteroatoms. The van der Waals surface area contributed by atoms with Gasteiger partial charge < -0.3 is 0 Å². The van der Waals surface area contributed by atoms with Gasteiger partial charge >= 0.3 is 0 Å². The summed E-state index contributed by atoms with van der Waals surface area (Å²) in [7, 11) is -1.08. The molecule has 20 heavy (non-hydrogen) atoms. The van der Waals surface area contributed by atoms with Gasteiger partial charge in [0.1, 0.15) is 0 Å². The minimum atomic E-state index is -2.94. The zero-order valence-corrected chi connectivity index (χ0v) is 13.0. The van der Waals surface area contributed by atoms with Crippen molar-refractivity contribution in [1.82, 2.24) is 14.7 Å². The van der Waals surface area contributed by atoms with Gasteiger partial charge in [-0.3, -0.25) is 9.58 Å². The molecule has 1 aliphatic heterocycles. The van der Waals surface area contributed by atoms with E-state index in [0.717, 1.165) is 24.9 Å². The van der Waals surface area contributed by atoms with E-state index in [1.54, 1.807) is 10.9 Å². The van der Waals surface area contributed by atoms with Crippen molar-refractivity contribution in [2.24, 2.45) is 7.05 Å². The molecule has 2 heterocycles. The van der Waals surface area contributed by atoms with Gasteiger partial charge in [-0.1, -0.05) is 19.1 Å². The lowest BCUT2D eigenvalue weighted by Crippen LogP contribution is -2.43. The normalized spacial score (nSPS) is 23.4. The molecule has 0 radical (unpaired) electrons. The van der Waals surface area contributed by atoms with Crippen molar-refractivity contribution in [3.8, 4) is 0 Å². The molecule has 112 valence electrons. The van der Waals surface area contributed by atoms with Crippen molar-refractivity contribution in [3.05, 3.63) is 30.1 Å². The molecule has 0 aliphatic carbocycles. The van der Waals surface area contributed by atoms with Crippen LogP contribution in [-0.4, -0.2) is 47.7 Å². The summed E-state index contributed by atoms with van der Waals surface area (Å²) in [6.07, 6.45) is 10.0. The number of allylic oxidation sites excluding steroid dienone is 1. The Labute approximate surface area is 121 Å². The maximum atomic E-state index is 11.9. The van der Waals surface area contributed by atoms with Gasteiger partial charge in [0.2, 0.25) is 0 Å². The van der Waals surface area contributed by atoms with Crippen molar-refractivity contribution in [1.29, 1.82) is 0 Å². The fourth-order valence-electron chi connectivity index (χ4n) is 2.55. The molecule has 0 amide bonds. The highest BCUT2D eigenvalue weighted by atomic mass is 32.2. The molecule has 0 aromatic carbocycles. The summed E-state index contributed by atoms with van der Waals surface area (Å²) in [6, 6.07) is -0.0579. The molecule has 0 saturated carbocycles. The SMILES string of the molecule is CC/C=C/CCN1CCS(=O)(=O)CC1c1cnn(C)c1. The van der Waals surface area contributed by atoms with Gasteiger partial charge in [-0.15, -0.1) is 0 Å². The van der Waals surface area contributed by atoms with Crippen LogP contribution in [0.5, 0.6) is 0 Å². The second-order valence-corrected chi connectivity index (χ2v) is 7.51. The Morgan fingerprint density at radius 3 is 2.90 bits per heavy atom.